The number of ether oxygens (including phenoxy) is 1. The fourth-order valence-corrected chi connectivity index (χ4v) is 2.93. The Morgan fingerprint density at radius 1 is 1.64 bits per heavy atom. The first kappa shape index (κ1) is 15.1. The first-order valence-corrected chi connectivity index (χ1v) is 7.99. The van der Waals surface area contributed by atoms with Crippen LogP contribution >= 0.6 is 11.3 Å². The molecule has 2 aromatic rings. The van der Waals surface area contributed by atoms with Crippen molar-refractivity contribution in [2.24, 2.45) is 0 Å². The quantitative estimate of drug-likeness (QED) is 0.861. The van der Waals surface area contributed by atoms with Crippen LogP contribution in [-0.4, -0.2) is 62.4 Å². The number of morpholine rings is 1. The average Bonchev–Trinajstić information content (AvgIpc) is 3.20. The third-order valence-electron chi connectivity index (χ3n) is 3.62. The van der Waals surface area contributed by atoms with Crippen molar-refractivity contribution < 1.29 is 9.53 Å². The molecular formula is C13H18N6O2S. The van der Waals surface area contributed by atoms with Gasteiger partial charge in [-0.15, -0.1) is 11.3 Å². The van der Waals surface area contributed by atoms with Gasteiger partial charge in [0.1, 0.15) is 12.7 Å². The van der Waals surface area contributed by atoms with Crippen molar-refractivity contribution in [3.8, 4) is 0 Å². The van der Waals surface area contributed by atoms with Crippen molar-refractivity contribution in [2.45, 2.75) is 25.6 Å². The molecule has 0 spiro atoms. The molecule has 0 radical (unpaired) electrons. The van der Waals surface area contributed by atoms with E-state index >= 15 is 0 Å². The molecule has 1 amide bonds. The van der Waals surface area contributed by atoms with Gasteiger partial charge in [0, 0.05) is 24.7 Å². The molecule has 1 saturated heterocycles. The zero-order chi connectivity index (χ0) is 15.4. The van der Waals surface area contributed by atoms with E-state index in [1.807, 2.05) is 12.3 Å². The molecule has 118 valence electrons. The summed E-state index contributed by atoms with van der Waals surface area (Å²) in [5.41, 5.74) is 0. The molecule has 2 atom stereocenters. The first-order valence-electron chi connectivity index (χ1n) is 7.11. The molecule has 0 unspecified atom stereocenters. The first-order chi connectivity index (χ1) is 10.7. The smallest absolute Gasteiger partial charge is 0.243 e. The summed E-state index contributed by atoms with van der Waals surface area (Å²) >= 11 is 1.41. The summed E-state index contributed by atoms with van der Waals surface area (Å²) < 4.78 is 7.49. The topological polar surface area (TPSA) is 85.2 Å². The maximum absolute atomic E-state index is 12.3. The Hall–Kier alpha value is -1.84. The lowest BCUT2D eigenvalue weighted by molar-refractivity contribution is -0.124. The van der Waals surface area contributed by atoms with Gasteiger partial charge in [-0.1, -0.05) is 0 Å². The monoisotopic (exact) mass is 322 g/mol. The summed E-state index contributed by atoms with van der Waals surface area (Å²) in [7, 11) is 0. The van der Waals surface area contributed by atoms with Crippen LogP contribution in [0.25, 0.3) is 0 Å². The Balaban J connectivity index is 1.55. The van der Waals surface area contributed by atoms with Gasteiger partial charge in [0.25, 0.3) is 0 Å². The van der Waals surface area contributed by atoms with Crippen LogP contribution in [0, 0.1) is 0 Å². The lowest BCUT2D eigenvalue weighted by Crippen LogP contribution is -2.51. The second-order valence-electron chi connectivity index (χ2n) is 5.11. The minimum Gasteiger partial charge on any atom is -0.374 e. The van der Waals surface area contributed by atoms with Gasteiger partial charge < -0.3 is 10.1 Å². The molecule has 3 rings (SSSR count). The number of anilines is 1. The predicted octanol–water partition coefficient (Wildman–Crippen LogP) is 0.463. The maximum Gasteiger partial charge on any atom is 0.243 e. The van der Waals surface area contributed by atoms with E-state index in [9.17, 15) is 4.79 Å². The highest BCUT2D eigenvalue weighted by molar-refractivity contribution is 7.13. The van der Waals surface area contributed by atoms with Crippen LogP contribution in [-0.2, 0) is 16.1 Å². The number of aromatic nitrogens is 4. The lowest BCUT2D eigenvalue weighted by atomic mass is 10.2. The fourth-order valence-electron chi connectivity index (χ4n) is 2.40. The normalized spacial score (nSPS) is 20.7. The number of carbonyl (C=O) groups excluding carboxylic acids is 1. The third kappa shape index (κ3) is 3.67. The summed E-state index contributed by atoms with van der Waals surface area (Å²) in [6.45, 7) is 4.57. The fraction of sp³-hybridized carbons (Fsp3) is 0.538. The van der Waals surface area contributed by atoms with E-state index in [1.165, 1.54) is 17.7 Å². The van der Waals surface area contributed by atoms with Crippen LogP contribution in [0.4, 0.5) is 5.13 Å². The molecule has 2 aromatic heterocycles. The van der Waals surface area contributed by atoms with Gasteiger partial charge in [0.2, 0.25) is 5.91 Å². The van der Waals surface area contributed by atoms with Gasteiger partial charge in [-0.2, -0.15) is 5.10 Å². The van der Waals surface area contributed by atoms with Crippen molar-refractivity contribution in [1.29, 1.82) is 0 Å². The molecule has 3 heterocycles. The minimum atomic E-state index is -0.231. The van der Waals surface area contributed by atoms with Gasteiger partial charge in [-0.05, 0) is 6.92 Å². The van der Waals surface area contributed by atoms with E-state index in [2.05, 4.69) is 25.3 Å². The van der Waals surface area contributed by atoms with Crippen LogP contribution in [0.5, 0.6) is 0 Å². The minimum absolute atomic E-state index is 0.00515. The van der Waals surface area contributed by atoms with Gasteiger partial charge in [-0.25, -0.2) is 9.97 Å². The number of thiazole rings is 1. The molecule has 8 nitrogen and oxygen atoms in total. The zero-order valence-electron chi connectivity index (χ0n) is 12.3. The molecule has 22 heavy (non-hydrogen) atoms. The highest BCUT2D eigenvalue weighted by Gasteiger charge is 2.28. The predicted molar refractivity (Wildman–Crippen MR) is 81.5 cm³/mol. The van der Waals surface area contributed by atoms with Crippen LogP contribution in [0.3, 0.4) is 0 Å². The number of carbonyl (C=O) groups is 1. The van der Waals surface area contributed by atoms with Crippen LogP contribution < -0.4 is 5.32 Å². The van der Waals surface area contributed by atoms with Crippen molar-refractivity contribution in [1.82, 2.24) is 24.6 Å². The molecule has 0 aromatic carbocycles. The Labute approximate surface area is 132 Å². The zero-order valence-corrected chi connectivity index (χ0v) is 13.1. The Morgan fingerprint density at radius 3 is 3.27 bits per heavy atom. The average molecular weight is 322 g/mol. The number of rotatable bonds is 5. The van der Waals surface area contributed by atoms with E-state index in [1.54, 1.807) is 17.2 Å². The molecule has 1 aliphatic rings. The summed E-state index contributed by atoms with van der Waals surface area (Å²) in [6, 6.07) is -0.231. The largest absolute Gasteiger partial charge is 0.374 e. The molecule has 0 bridgehead atoms. The third-order valence-corrected chi connectivity index (χ3v) is 4.31. The summed E-state index contributed by atoms with van der Waals surface area (Å²) in [4.78, 5) is 22.4. The number of nitrogens with one attached hydrogen (secondary N) is 1. The Bertz CT molecular complexity index is 588. The molecule has 0 aliphatic carbocycles. The van der Waals surface area contributed by atoms with Crippen molar-refractivity contribution in [2.75, 3.05) is 25.0 Å². The van der Waals surface area contributed by atoms with Crippen molar-refractivity contribution in [3.63, 3.8) is 0 Å². The molecule has 1 N–H and O–H groups in total. The van der Waals surface area contributed by atoms with Crippen LogP contribution in [0.2, 0.25) is 0 Å². The second kappa shape index (κ2) is 6.95. The van der Waals surface area contributed by atoms with Crippen molar-refractivity contribution >= 4 is 22.4 Å². The Morgan fingerprint density at radius 2 is 2.55 bits per heavy atom. The molecule has 1 aliphatic heterocycles. The molecular weight excluding hydrogens is 304 g/mol. The highest BCUT2D eigenvalue weighted by Crippen LogP contribution is 2.14. The maximum atomic E-state index is 12.3. The van der Waals surface area contributed by atoms with Crippen LogP contribution in [0.15, 0.2) is 24.2 Å². The van der Waals surface area contributed by atoms with E-state index < -0.39 is 0 Å². The standard InChI is InChI=1S/C13H18N6O2S/c1-10(12(20)17-13-15-2-5-22-13)18-3-4-21-11(6-18)7-19-9-14-8-16-19/h2,5,8-11H,3-4,6-7H2,1H3,(H,15,17,20)/t10-,11+/m1/s1. The van der Waals surface area contributed by atoms with Gasteiger partial charge in [0.15, 0.2) is 5.13 Å². The highest BCUT2D eigenvalue weighted by atomic mass is 32.1. The van der Waals surface area contributed by atoms with E-state index in [4.69, 9.17) is 4.74 Å². The summed E-state index contributed by atoms with van der Waals surface area (Å²) in [6.07, 6.45) is 4.85. The molecule has 0 saturated carbocycles. The van der Waals surface area contributed by atoms with E-state index in [-0.39, 0.29) is 18.1 Å². The second-order valence-corrected chi connectivity index (χ2v) is 6.00. The number of amides is 1. The number of nitrogens with zero attached hydrogens (tertiary/aromatic N) is 5. The summed E-state index contributed by atoms with van der Waals surface area (Å²) in [5, 5.41) is 9.39. The Kier molecular flexibility index (Phi) is 4.76. The van der Waals surface area contributed by atoms with E-state index in [0.717, 1.165) is 6.54 Å². The van der Waals surface area contributed by atoms with Crippen LogP contribution in [0.1, 0.15) is 6.92 Å². The van der Waals surface area contributed by atoms with Gasteiger partial charge in [0.05, 0.1) is 25.3 Å². The van der Waals surface area contributed by atoms with Gasteiger partial charge in [-0.3, -0.25) is 14.4 Å². The lowest BCUT2D eigenvalue weighted by Gasteiger charge is -2.35. The molecule has 9 heteroatoms. The number of hydrogen-bond acceptors (Lipinski definition) is 7. The van der Waals surface area contributed by atoms with E-state index in [0.29, 0.717) is 24.8 Å². The number of hydrogen-bond donors (Lipinski definition) is 1. The van der Waals surface area contributed by atoms with Crippen molar-refractivity contribution in [3.05, 3.63) is 24.2 Å². The molecule has 1 fully saturated rings. The summed E-state index contributed by atoms with van der Waals surface area (Å²) in [5.74, 6) is -0.0450. The van der Waals surface area contributed by atoms with Gasteiger partial charge >= 0.3 is 0 Å². The SMILES string of the molecule is C[C@H](C(=O)Nc1nccs1)N1CCO[C@H](Cn2cncn2)C1.